The van der Waals surface area contributed by atoms with Crippen LogP contribution in [-0.4, -0.2) is 25.0 Å². The van der Waals surface area contributed by atoms with Gasteiger partial charge in [0.25, 0.3) is 11.8 Å². The van der Waals surface area contributed by atoms with Crippen LogP contribution in [0.2, 0.25) is 0 Å². The summed E-state index contributed by atoms with van der Waals surface area (Å²) in [6.07, 6.45) is 0. The molecule has 3 N–H and O–H groups in total. The number of carbonyl (C=O) groups is 2. The molecule has 7 heteroatoms. The van der Waals surface area contributed by atoms with Crippen molar-refractivity contribution in [1.82, 2.24) is 0 Å². The number of nitrogens with one attached hydrogen (secondary N) is 3. The highest BCUT2D eigenvalue weighted by atomic mass is 16.5. The Morgan fingerprint density at radius 3 is 1.78 bits per heavy atom. The zero-order valence-corrected chi connectivity index (χ0v) is 22.2. The first kappa shape index (κ1) is 27.0. The van der Waals surface area contributed by atoms with Crippen LogP contribution in [0.1, 0.15) is 20.7 Å². The lowest BCUT2D eigenvalue weighted by atomic mass is 10.1. The Morgan fingerprint density at radius 2 is 1.02 bits per heavy atom. The zero-order valence-electron chi connectivity index (χ0n) is 22.2. The molecule has 0 bridgehead atoms. The number of rotatable bonds is 11. The molecule has 5 aromatic carbocycles. The van der Waals surface area contributed by atoms with Crippen molar-refractivity contribution >= 4 is 34.6 Å². The highest BCUT2D eigenvalue weighted by molar-refractivity contribution is 6.13. The van der Waals surface area contributed by atoms with E-state index in [4.69, 9.17) is 9.47 Å². The van der Waals surface area contributed by atoms with E-state index < -0.39 is 0 Å². The van der Waals surface area contributed by atoms with E-state index in [1.807, 2.05) is 84.9 Å². The van der Waals surface area contributed by atoms with E-state index in [1.54, 1.807) is 48.5 Å². The Hall–Kier alpha value is -5.56. The molecular weight excluding hydrogens is 514 g/mol. The van der Waals surface area contributed by atoms with Crippen LogP contribution >= 0.6 is 0 Å². The van der Waals surface area contributed by atoms with Crippen LogP contribution in [0, 0.1) is 0 Å². The third-order valence-corrected chi connectivity index (χ3v) is 6.11. The van der Waals surface area contributed by atoms with Crippen LogP contribution in [0.5, 0.6) is 11.5 Å². The molecule has 0 fully saturated rings. The third-order valence-electron chi connectivity index (χ3n) is 6.11. The quantitative estimate of drug-likeness (QED) is 0.151. The summed E-state index contributed by atoms with van der Waals surface area (Å²) >= 11 is 0. The van der Waals surface area contributed by atoms with Gasteiger partial charge in [-0.25, -0.2) is 0 Å². The predicted octanol–water partition coefficient (Wildman–Crippen LogP) is 7.39. The number of para-hydroxylation sites is 4. The van der Waals surface area contributed by atoms with Crippen LogP contribution < -0.4 is 25.4 Å². The molecule has 0 saturated heterocycles. The van der Waals surface area contributed by atoms with E-state index in [9.17, 15) is 9.59 Å². The number of ether oxygens (including phenoxy) is 2. The summed E-state index contributed by atoms with van der Waals surface area (Å²) in [6, 6.07) is 40.5. The molecule has 0 atom stereocenters. The molecular formula is C34H29N3O4. The van der Waals surface area contributed by atoms with Crippen molar-refractivity contribution in [2.45, 2.75) is 0 Å². The number of benzene rings is 5. The summed E-state index contributed by atoms with van der Waals surface area (Å²) in [5, 5.41) is 9.08. The fourth-order valence-electron chi connectivity index (χ4n) is 4.11. The monoisotopic (exact) mass is 543 g/mol. The summed E-state index contributed by atoms with van der Waals surface area (Å²) < 4.78 is 11.5. The fourth-order valence-corrected chi connectivity index (χ4v) is 4.11. The van der Waals surface area contributed by atoms with Crippen LogP contribution in [0.25, 0.3) is 0 Å². The minimum Gasteiger partial charge on any atom is -0.490 e. The number of anilines is 4. The van der Waals surface area contributed by atoms with E-state index in [0.29, 0.717) is 34.9 Å². The molecule has 5 rings (SSSR count). The Bertz CT molecular complexity index is 1590. The van der Waals surface area contributed by atoms with E-state index in [0.717, 1.165) is 17.1 Å². The van der Waals surface area contributed by atoms with Crippen LogP contribution in [-0.2, 0) is 0 Å². The predicted molar refractivity (Wildman–Crippen MR) is 162 cm³/mol. The van der Waals surface area contributed by atoms with Crippen molar-refractivity contribution in [3.63, 3.8) is 0 Å². The van der Waals surface area contributed by atoms with Crippen molar-refractivity contribution in [1.29, 1.82) is 0 Å². The number of hydrogen-bond acceptors (Lipinski definition) is 5. The first-order valence-corrected chi connectivity index (χ1v) is 13.2. The van der Waals surface area contributed by atoms with Gasteiger partial charge in [0.15, 0.2) is 0 Å². The van der Waals surface area contributed by atoms with Gasteiger partial charge >= 0.3 is 0 Å². The van der Waals surface area contributed by atoms with Gasteiger partial charge < -0.3 is 25.4 Å². The van der Waals surface area contributed by atoms with Crippen molar-refractivity contribution in [2.75, 3.05) is 29.2 Å². The van der Waals surface area contributed by atoms with Gasteiger partial charge in [-0.2, -0.15) is 0 Å². The van der Waals surface area contributed by atoms with Gasteiger partial charge in [-0.05, 0) is 72.8 Å². The molecule has 0 radical (unpaired) electrons. The lowest BCUT2D eigenvalue weighted by Gasteiger charge is -2.14. The van der Waals surface area contributed by atoms with Crippen molar-refractivity contribution < 1.29 is 19.1 Å². The van der Waals surface area contributed by atoms with Crippen molar-refractivity contribution in [2.24, 2.45) is 0 Å². The molecule has 0 spiro atoms. The zero-order chi connectivity index (χ0) is 28.3. The molecule has 0 heterocycles. The van der Waals surface area contributed by atoms with Gasteiger partial charge in [-0.1, -0.05) is 60.7 Å². The third kappa shape index (κ3) is 7.52. The Labute approximate surface area is 238 Å². The van der Waals surface area contributed by atoms with Gasteiger partial charge in [0.05, 0.1) is 16.8 Å². The molecule has 41 heavy (non-hydrogen) atoms. The lowest BCUT2D eigenvalue weighted by molar-refractivity contribution is 0.102. The standard InChI is InChI=1S/C34H29N3O4/c38-33(36-27-21-19-26(20-22-27)35-25-11-3-1-4-12-25)29-15-7-9-17-31(29)37-34(39)30-16-8-10-18-32(30)41-24-23-40-28-13-5-2-6-14-28/h1-22,35H,23-24H2,(H,36,38)(H,37,39). The lowest BCUT2D eigenvalue weighted by Crippen LogP contribution is -2.19. The summed E-state index contributed by atoms with van der Waals surface area (Å²) in [5.74, 6) is 0.443. The van der Waals surface area contributed by atoms with Gasteiger partial charge in [-0.3, -0.25) is 9.59 Å². The van der Waals surface area contributed by atoms with Gasteiger partial charge in [-0.15, -0.1) is 0 Å². The SMILES string of the molecule is O=C(Nc1ccc(Nc2ccccc2)cc1)c1ccccc1NC(=O)c1ccccc1OCCOc1ccccc1. The van der Waals surface area contributed by atoms with Crippen LogP contribution in [0.15, 0.2) is 133 Å². The second-order valence-corrected chi connectivity index (χ2v) is 9.03. The van der Waals surface area contributed by atoms with Gasteiger partial charge in [0.1, 0.15) is 24.7 Å². The Morgan fingerprint density at radius 1 is 0.488 bits per heavy atom. The summed E-state index contributed by atoms with van der Waals surface area (Å²) in [5.41, 5.74) is 3.58. The van der Waals surface area contributed by atoms with E-state index in [-0.39, 0.29) is 18.4 Å². The minimum absolute atomic E-state index is 0.262. The molecule has 0 aliphatic rings. The normalized spacial score (nSPS) is 10.3. The molecule has 0 unspecified atom stereocenters. The topological polar surface area (TPSA) is 88.7 Å². The summed E-state index contributed by atoms with van der Waals surface area (Å²) in [7, 11) is 0. The van der Waals surface area contributed by atoms with E-state index in [2.05, 4.69) is 16.0 Å². The molecule has 204 valence electrons. The maximum absolute atomic E-state index is 13.2. The number of hydrogen-bond donors (Lipinski definition) is 3. The van der Waals surface area contributed by atoms with E-state index in [1.165, 1.54) is 0 Å². The summed E-state index contributed by atoms with van der Waals surface area (Å²) in [4.78, 5) is 26.4. The molecule has 0 aliphatic heterocycles. The maximum Gasteiger partial charge on any atom is 0.259 e. The highest BCUT2D eigenvalue weighted by Gasteiger charge is 2.17. The molecule has 7 nitrogen and oxygen atoms in total. The Kier molecular flexibility index (Phi) is 8.89. The second kappa shape index (κ2) is 13.5. The average Bonchev–Trinajstić information content (AvgIpc) is 3.02. The summed E-state index contributed by atoms with van der Waals surface area (Å²) in [6.45, 7) is 0.587. The minimum atomic E-state index is -0.388. The molecule has 0 aromatic heterocycles. The van der Waals surface area contributed by atoms with Crippen LogP contribution in [0.3, 0.4) is 0 Å². The Balaban J connectivity index is 1.21. The molecule has 2 amide bonds. The largest absolute Gasteiger partial charge is 0.490 e. The maximum atomic E-state index is 13.2. The number of amides is 2. The second-order valence-electron chi connectivity index (χ2n) is 9.03. The highest BCUT2D eigenvalue weighted by Crippen LogP contribution is 2.24. The van der Waals surface area contributed by atoms with Crippen molar-refractivity contribution in [3.05, 3.63) is 145 Å². The first-order valence-electron chi connectivity index (χ1n) is 13.2. The fraction of sp³-hybridized carbons (Fsp3) is 0.0588. The number of carbonyl (C=O) groups excluding carboxylic acids is 2. The van der Waals surface area contributed by atoms with Gasteiger partial charge in [0.2, 0.25) is 0 Å². The average molecular weight is 544 g/mol. The van der Waals surface area contributed by atoms with Crippen molar-refractivity contribution in [3.8, 4) is 11.5 Å². The smallest absolute Gasteiger partial charge is 0.259 e. The van der Waals surface area contributed by atoms with Gasteiger partial charge in [0, 0.05) is 17.1 Å². The molecule has 0 aliphatic carbocycles. The van der Waals surface area contributed by atoms with E-state index >= 15 is 0 Å². The molecule has 5 aromatic rings. The molecule has 0 saturated carbocycles. The van der Waals surface area contributed by atoms with Crippen LogP contribution in [0.4, 0.5) is 22.7 Å². The first-order chi connectivity index (χ1) is 20.2.